The summed E-state index contributed by atoms with van der Waals surface area (Å²) in [6, 6.07) is 15.4. The lowest BCUT2D eigenvalue weighted by Gasteiger charge is -2.31. The van der Waals surface area contributed by atoms with E-state index in [1.165, 1.54) is 0 Å². The Balaban J connectivity index is 1.46. The summed E-state index contributed by atoms with van der Waals surface area (Å²) < 4.78 is 11.3. The number of hydrogen-bond donors (Lipinski definition) is 1. The zero-order valence-corrected chi connectivity index (χ0v) is 17.0. The predicted molar refractivity (Wildman–Crippen MR) is 111 cm³/mol. The van der Waals surface area contributed by atoms with Crippen LogP contribution in [-0.2, 0) is 11.3 Å². The Morgan fingerprint density at radius 2 is 2.00 bits per heavy atom. The molecule has 1 fully saturated rings. The van der Waals surface area contributed by atoms with Gasteiger partial charge in [-0.3, -0.25) is 9.69 Å². The van der Waals surface area contributed by atoms with E-state index in [4.69, 9.17) is 21.1 Å². The van der Waals surface area contributed by atoms with Gasteiger partial charge in [-0.15, -0.1) is 0 Å². The molecule has 1 heterocycles. The quantitative estimate of drug-likeness (QED) is 0.730. The highest BCUT2D eigenvalue weighted by Gasteiger charge is 2.18. The minimum Gasteiger partial charge on any atom is -0.492 e. The number of benzene rings is 2. The van der Waals surface area contributed by atoms with Crippen molar-refractivity contribution in [1.82, 2.24) is 10.2 Å². The number of likely N-dealkylation sites (N-methyl/N-ethyl adjacent to an activating group) is 1. The van der Waals surface area contributed by atoms with Crippen molar-refractivity contribution in [1.29, 1.82) is 0 Å². The number of halogens is 1. The van der Waals surface area contributed by atoms with Crippen molar-refractivity contribution < 1.29 is 14.3 Å². The fraction of sp³-hybridized carbons (Fsp3) is 0.409. The highest BCUT2D eigenvalue weighted by atomic mass is 35.5. The summed E-state index contributed by atoms with van der Waals surface area (Å²) in [5.74, 6) is 0.625. The van der Waals surface area contributed by atoms with Crippen molar-refractivity contribution in [3.63, 3.8) is 0 Å². The van der Waals surface area contributed by atoms with Gasteiger partial charge in [0.05, 0.1) is 10.6 Å². The summed E-state index contributed by atoms with van der Waals surface area (Å²) in [4.78, 5) is 14.6. The van der Waals surface area contributed by atoms with E-state index >= 15 is 0 Å². The summed E-state index contributed by atoms with van der Waals surface area (Å²) >= 11 is 6.07. The molecule has 0 bridgehead atoms. The lowest BCUT2D eigenvalue weighted by molar-refractivity contribution is 0.0392. The third-order valence-corrected chi connectivity index (χ3v) is 5.33. The Bertz CT molecular complexity index is 778. The number of carbonyl (C=O) groups excluding carboxylic acids is 1. The smallest absolute Gasteiger partial charge is 0.253 e. The van der Waals surface area contributed by atoms with Crippen molar-refractivity contribution in [3.8, 4) is 5.75 Å². The van der Waals surface area contributed by atoms with Crippen LogP contribution >= 0.6 is 11.6 Å². The van der Waals surface area contributed by atoms with Gasteiger partial charge in [-0.25, -0.2) is 0 Å². The molecular weight excluding hydrogens is 376 g/mol. The molecule has 0 aromatic heterocycles. The third-order valence-electron chi connectivity index (χ3n) is 5.00. The van der Waals surface area contributed by atoms with Crippen LogP contribution in [-0.4, -0.2) is 50.3 Å². The second-order valence-corrected chi connectivity index (χ2v) is 7.39. The van der Waals surface area contributed by atoms with Crippen LogP contribution in [0.5, 0.6) is 5.75 Å². The summed E-state index contributed by atoms with van der Waals surface area (Å²) in [5.41, 5.74) is 1.46. The van der Waals surface area contributed by atoms with Crippen molar-refractivity contribution in [2.24, 2.45) is 0 Å². The standard InChI is InChI=1S/C22H27ClN2O3/c1-25(18-9-12-27-13-10-18)11-14-28-19-6-4-5-17(15-19)16-24-22(26)20-7-2-3-8-21(20)23/h2-8,15,18H,9-14,16H2,1H3,(H,24,26). The molecule has 3 rings (SSSR count). The van der Waals surface area contributed by atoms with Gasteiger partial charge in [-0.1, -0.05) is 35.9 Å². The van der Waals surface area contributed by atoms with Crippen LogP contribution in [0.1, 0.15) is 28.8 Å². The lowest BCUT2D eigenvalue weighted by atomic mass is 10.1. The molecule has 2 aromatic rings. The molecule has 1 aliphatic heterocycles. The second-order valence-electron chi connectivity index (χ2n) is 6.98. The Morgan fingerprint density at radius 3 is 2.79 bits per heavy atom. The minimum absolute atomic E-state index is 0.185. The van der Waals surface area contributed by atoms with E-state index in [0.29, 0.717) is 29.8 Å². The van der Waals surface area contributed by atoms with Gasteiger partial charge >= 0.3 is 0 Å². The number of nitrogens with zero attached hydrogens (tertiary/aromatic N) is 1. The van der Waals surface area contributed by atoms with Crippen LogP contribution in [0, 0.1) is 0 Å². The average molecular weight is 403 g/mol. The molecular formula is C22H27ClN2O3. The molecule has 1 amide bonds. The second kappa shape index (κ2) is 10.5. The summed E-state index contributed by atoms with van der Waals surface area (Å²) in [6.45, 7) is 3.61. The van der Waals surface area contributed by atoms with E-state index in [9.17, 15) is 4.79 Å². The van der Waals surface area contributed by atoms with Crippen molar-refractivity contribution in [2.75, 3.05) is 33.4 Å². The first kappa shape index (κ1) is 20.6. The van der Waals surface area contributed by atoms with E-state index in [0.717, 1.165) is 43.9 Å². The molecule has 1 N–H and O–H groups in total. The van der Waals surface area contributed by atoms with E-state index in [1.807, 2.05) is 24.3 Å². The first-order valence-electron chi connectivity index (χ1n) is 9.66. The maximum Gasteiger partial charge on any atom is 0.253 e. The molecule has 1 saturated heterocycles. The van der Waals surface area contributed by atoms with Crippen molar-refractivity contribution >= 4 is 17.5 Å². The summed E-state index contributed by atoms with van der Waals surface area (Å²) in [6.07, 6.45) is 2.16. The Kier molecular flexibility index (Phi) is 7.71. The molecule has 0 radical (unpaired) electrons. The molecule has 28 heavy (non-hydrogen) atoms. The van der Waals surface area contributed by atoms with Crippen LogP contribution in [0.2, 0.25) is 5.02 Å². The number of carbonyl (C=O) groups is 1. The first-order valence-corrected chi connectivity index (χ1v) is 10.0. The topological polar surface area (TPSA) is 50.8 Å². The molecule has 6 heteroatoms. The molecule has 5 nitrogen and oxygen atoms in total. The molecule has 0 spiro atoms. The minimum atomic E-state index is -0.185. The van der Waals surface area contributed by atoms with E-state index < -0.39 is 0 Å². The molecule has 150 valence electrons. The van der Waals surface area contributed by atoms with E-state index in [1.54, 1.807) is 24.3 Å². The number of amides is 1. The summed E-state index contributed by atoms with van der Waals surface area (Å²) in [7, 11) is 2.14. The van der Waals surface area contributed by atoms with Gasteiger partial charge in [0.1, 0.15) is 12.4 Å². The van der Waals surface area contributed by atoms with Crippen molar-refractivity contribution in [2.45, 2.75) is 25.4 Å². The molecule has 2 aromatic carbocycles. The maximum absolute atomic E-state index is 12.3. The molecule has 0 aliphatic carbocycles. The van der Waals surface area contributed by atoms with E-state index in [-0.39, 0.29) is 5.91 Å². The first-order chi connectivity index (χ1) is 13.6. The van der Waals surface area contributed by atoms with Gasteiger partial charge in [0.25, 0.3) is 5.91 Å². The fourth-order valence-corrected chi connectivity index (χ4v) is 3.51. The molecule has 0 saturated carbocycles. The van der Waals surface area contributed by atoms with Crippen LogP contribution in [0.4, 0.5) is 0 Å². The highest BCUT2D eigenvalue weighted by molar-refractivity contribution is 6.33. The third kappa shape index (κ3) is 5.96. The van der Waals surface area contributed by atoms with Gasteiger partial charge in [0.2, 0.25) is 0 Å². The van der Waals surface area contributed by atoms with Gasteiger partial charge in [-0.2, -0.15) is 0 Å². The van der Waals surface area contributed by atoms with Crippen molar-refractivity contribution in [3.05, 3.63) is 64.7 Å². The monoisotopic (exact) mass is 402 g/mol. The van der Waals surface area contributed by atoms with Crippen LogP contribution < -0.4 is 10.1 Å². The highest BCUT2D eigenvalue weighted by Crippen LogP contribution is 2.17. The van der Waals surface area contributed by atoms with Crippen LogP contribution in [0.3, 0.4) is 0 Å². The fourth-order valence-electron chi connectivity index (χ4n) is 3.28. The number of ether oxygens (including phenoxy) is 2. The molecule has 0 unspecified atom stereocenters. The normalized spacial score (nSPS) is 14.8. The maximum atomic E-state index is 12.3. The zero-order valence-electron chi connectivity index (χ0n) is 16.2. The van der Waals surface area contributed by atoms with Gasteiger partial charge < -0.3 is 14.8 Å². The van der Waals surface area contributed by atoms with E-state index in [2.05, 4.69) is 17.3 Å². The summed E-state index contributed by atoms with van der Waals surface area (Å²) in [5, 5.41) is 3.35. The van der Waals surface area contributed by atoms with Crippen LogP contribution in [0.15, 0.2) is 48.5 Å². The lowest BCUT2D eigenvalue weighted by Crippen LogP contribution is -2.38. The van der Waals surface area contributed by atoms with Gasteiger partial charge in [0, 0.05) is 32.3 Å². The Hall–Kier alpha value is -2.08. The van der Waals surface area contributed by atoms with Gasteiger partial charge in [0.15, 0.2) is 0 Å². The molecule has 1 aliphatic rings. The number of hydrogen-bond acceptors (Lipinski definition) is 4. The number of rotatable bonds is 8. The Labute approximate surface area is 171 Å². The molecule has 0 atom stereocenters. The SMILES string of the molecule is CN(CCOc1cccc(CNC(=O)c2ccccc2Cl)c1)C1CCOCC1. The number of nitrogens with one attached hydrogen (secondary N) is 1. The zero-order chi connectivity index (χ0) is 19.8. The van der Waals surface area contributed by atoms with Crippen LogP contribution in [0.25, 0.3) is 0 Å². The predicted octanol–water partition coefficient (Wildman–Crippen LogP) is 3.76. The average Bonchev–Trinajstić information content (AvgIpc) is 2.73. The Morgan fingerprint density at radius 1 is 1.21 bits per heavy atom. The largest absolute Gasteiger partial charge is 0.492 e. The van der Waals surface area contributed by atoms with Gasteiger partial charge in [-0.05, 0) is 49.7 Å².